The molecule has 0 unspecified atom stereocenters. The van der Waals surface area contributed by atoms with Crippen LogP contribution >= 0.6 is 0 Å². The zero-order valence-electron chi connectivity index (χ0n) is 14.2. The van der Waals surface area contributed by atoms with Crippen molar-refractivity contribution >= 4 is 21.1 Å². The van der Waals surface area contributed by atoms with Crippen molar-refractivity contribution in [3.8, 4) is 0 Å². The van der Waals surface area contributed by atoms with Crippen molar-refractivity contribution in [2.45, 2.75) is 35.7 Å². The molecule has 0 spiro atoms. The Hall–Kier alpha value is -2.50. The molecule has 1 atom stereocenters. The topological polar surface area (TPSA) is 145 Å². The van der Waals surface area contributed by atoms with Crippen molar-refractivity contribution < 1.29 is 18.0 Å². The minimum Gasteiger partial charge on any atom is -0.379 e. The number of sulfonamides is 1. The minimum atomic E-state index is -3.85. The molecular formula is C16H17N5O5S. The molecule has 5 rings (SSSR count). The third-order valence-corrected chi connectivity index (χ3v) is 6.96. The van der Waals surface area contributed by atoms with Crippen LogP contribution in [0.1, 0.15) is 36.9 Å². The van der Waals surface area contributed by atoms with Gasteiger partial charge in [-0.25, -0.2) is 13.2 Å². The second-order valence-electron chi connectivity index (χ2n) is 7.14. The SMILES string of the molecule is O=c1[nH]c2ccc(S(=O)(=O)N3CC[C@](O)(c4nc(C5CC5)no4)C3)cc2[nH]1. The highest BCUT2D eigenvalue weighted by atomic mass is 32.2. The van der Waals surface area contributed by atoms with Crippen LogP contribution in [0.5, 0.6) is 0 Å². The molecule has 3 aromatic rings. The maximum atomic E-state index is 13.0. The molecule has 2 aromatic heterocycles. The Bertz CT molecular complexity index is 1190. The zero-order valence-corrected chi connectivity index (χ0v) is 15.0. The van der Waals surface area contributed by atoms with Crippen LogP contribution in [0.3, 0.4) is 0 Å². The number of benzene rings is 1. The van der Waals surface area contributed by atoms with Crippen molar-refractivity contribution in [2.75, 3.05) is 13.1 Å². The molecule has 1 aliphatic carbocycles. The van der Waals surface area contributed by atoms with Crippen molar-refractivity contribution in [1.82, 2.24) is 24.4 Å². The molecule has 1 saturated carbocycles. The first kappa shape index (κ1) is 16.7. The minimum absolute atomic E-state index is 0.0405. The van der Waals surface area contributed by atoms with E-state index in [4.69, 9.17) is 4.52 Å². The van der Waals surface area contributed by atoms with E-state index >= 15 is 0 Å². The molecule has 2 fully saturated rings. The van der Waals surface area contributed by atoms with E-state index in [2.05, 4.69) is 20.1 Å². The standard InChI is InChI=1S/C16H17N5O5S/c22-15-17-11-4-3-10(7-12(11)18-15)27(24,25)21-6-5-16(23,8-21)14-19-13(20-26-14)9-1-2-9/h3-4,7,9,23H,1-2,5-6,8H2,(H2,17,18,22)/t16-/m1/s1. The van der Waals surface area contributed by atoms with Crippen LogP contribution < -0.4 is 5.69 Å². The predicted octanol–water partition coefficient (Wildman–Crippen LogP) is 0.399. The molecule has 2 aliphatic rings. The van der Waals surface area contributed by atoms with Crippen LogP contribution in [0.2, 0.25) is 0 Å². The van der Waals surface area contributed by atoms with Crippen LogP contribution in [0, 0.1) is 0 Å². The normalized spacial score (nSPS) is 24.0. The van der Waals surface area contributed by atoms with Gasteiger partial charge in [0.05, 0.1) is 22.5 Å². The predicted molar refractivity (Wildman–Crippen MR) is 92.5 cm³/mol. The van der Waals surface area contributed by atoms with E-state index in [0.717, 1.165) is 12.8 Å². The van der Waals surface area contributed by atoms with E-state index in [1.54, 1.807) is 0 Å². The fourth-order valence-electron chi connectivity index (χ4n) is 3.39. The van der Waals surface area contributed by atoms with Crippen molar-refractivity contribution in [2.24, 2.45) is 0 Å². The number of aromatic amines is 2. The smallest absolute Gasteiger partial charge is 0.323 e. The van der Waals surface area contributed by atoms with Crippen LogP contribution in [-0.2, 0) is 15.6 Å². The van der Waals surface area contributed by atoms with E-state index < -0.39 is 21.3 Å². The van der Waals surface area contributed by atoms with Gasteiger partial charge in [-0.05, 0) is 31.0 Å². The number of hydrogen-bond acceptors (Lipinski definition) is 7. The third kappa shape index (κ3) is 2.69. The Labute approximate surface area is 153 Å². The quantitative estimate of drug-likeness (QED) is 0.583. The van der Waals surface area contributed by atoms with Gasteiger partial charge in [-0.3, -0.25) is 0 Å². The van der Waals surface area contributed by atoms with Crippen molar-refractivity contribution in [1.29, 1.82) is 0 Å². The van der Waals surface area contributed by atoms with Crippen LogP contribution in [0.25, 0.3) is 11.0 Å². The third-order valence-electron chi connectivity index (χ3n) is 5.12. The summed E-state index contributed by atoms with van der Waals surface area (Å²) in [6.45, 7) is -0.0367. The fourth-order valence-corrected chi connectivity index (χ4v) is 4.91. The lowest BCUT2D eigenvalue weighted by Crippen LogP contribution is -2.34. The summed E-state index contributed by atoms with van der Waals surface area (Å²) >= 11 is 0. The highest BCUT2D eigenvalue weighted by Gasteiger charge is 2.47. The van der Waals surface area contributed by atoms with E-state index in [9.17, 15) is 18.3 Å². The first-order valence-corrected chi connectivity index (χ1v) is 10.1. The van der Waals surface area contributed by atoms with Gasteiger partial charge in [0.25, 0.3) is 5.89 Å². The van der Waals surface area contributed by atoms with E-state index in [1.165, 1.54) is 22.5 Å². The average molecular weight is 391 g/mol. The fraction of sp³-hybridized carbons (Fsp3) is 0.438. The van der Waals surface area contributed by atoms with Gasteiger partial charge >= 0.3 is 5.69 Å². The number of aliphatic hydroxyl groups is 1. The summed E-state index contributed by atoms with van der Waals surface area (Å²) in [6.07, 6.45) is 2.17. The molecule has 0 radical (unpaired) electrons. The second kappa shape index (κ2) is 5.50. The molecule has 27 heavy (non-hydrogen) atoms. The summed E-state index contributed by atoms with van der Waals surface area (Å²) in [5, 5.41) is 14.8. The molecule has 0 bridgehead atoms. The number of aromatic nitrogens is 4. The van der Waals surface area contributed by atoms with E-state index in [-0.39, 0.29) is 36.2 Å². The number of H-pyrrole nitrogens is 2. The van der Waals surface area contributed by atoms with Gasteiger partial charge in [0.1, 0.15) is 0 Å². The Morgan fingerprint density at radius 3 is 2.81 bits per heavy atom. The molecule has 1 aromatic carbocycles. The van der Waals surface area contributed by atoms with Gasteiger partial charge in [0.15, 0.2) is 11.4 Å². The first-order valence-electron chi connectivity index (χ1n) is 8.64. The Morgan fingerprint density at radius 1 is 1.26 bits per heavy atom. The molecular weight excluding hydrogens is 374 g/mol. The molecule has 11 heteroatoms. The molecule has 3 N–H and O–H groups in total. The van der Waals surface area contributed by atoms with Gasteiger partial charge in [0.2, 0.25) is 10.0 Å². The summed E-state index contributed by atoms with van der Waals surface area (Å²) in [7, 11) is -3.85. The highest BCUT2D eigenvalue weighted by molar-refractivity contribution is 7.89. The Balaban J connectivity index is 1.43. The van der Waals surface area contributed by atoms with E-state index in [0.29, 0.717) is 16.9 Å². The Kier molecular flexibility index (Phi) is 3.39. The molecule has 142 valence electrons. The van der Waals surface area contributed by atoms with Gasteiger partial charge in [-0.1, -0.05) is 5.16 Å². The molecule has 10 nitrogen and oxygen atoms in total. The summed E-state index contributed by atoms with van der Waals surface area (Å²) in [5.41, 5.74) is -0.977. The van der Waals surface area contributed by atoms with Gasteiger partial charge in [-0.15, -0.1) is 0 Å². The summed E-state index contributed by atoms with van der Waals surface area (Å²) in [5.74, 6) is 0.914. The first-order chi connectivity index (χ1) is 12.8. The summed E-state index contributed by atoms with van der Waals surface area (Å²) in [4.78, 5) is 20.8. The van der Waals surface area contributed by atoms with Gasteiger partial charge in [0, 0.05) is 18.9 Å². The maximum absolute atomic E-state index is 13.0. The zero-order chi connectivity index (χ0) is 18.8. The number of fused-ring (bicyclic) bond motifs is 1. The largest absolute Gasteiger partial charge is 0.379 e. The number of hydrogen-bond donors (Lipinski definition) is 3. The van der Waals surface area contributed by atoms with Crippen LogP contribution in [0.4, 0.5) is 0 Å². The Morgan fingerprint density at radius 2 is 2.04 bits per heavy atom. The van der Waals surface area contributed by atoms with Gasteiger partial charge < -0.3 is 19.6 Å². The monoisotopic (exact) mass is 391 g/mol. The highest BCUT2D eigenvalue weighted by Crippen LogP contribution is 2.40. The summed E-state index contributed by atoms with van der Waals surface area (Å²) < 4.78 is 32.3. The van der Waals surface area contributed by atoms with E-state index in [1.807, 2.05) is 0 Å². The number of imidazole rings is 1. The molecule has 1 saturated heterocycles. The van der Waals surface area contributed by atoms with Crippen molar-refractivity contribution in [3.63, 3.8) is 0 Å². The molecule has 0 amide bonds. The molecule has 3 heterocycles. The molecule has 1 aliphatic heterocycles. The number of rotatable bonds is 4. The average Bonchev–Trinajstić information content (AvgIpc) is 3.05. The lowest BCUT2D eigenvalue weighted by atomic mass is 10.0. The number of nitrogens with one attached hydrogen (secondary N) is 2. The van der Waals surface area contributed by atoms with Gasteiger partial charge in [-0.2, -0.15) is 9.29 Å². The summed E-state index contributed by atoms with van der Waals surface area (Å²) in [6, 6.07) is 4.36. The number of nitrogens with zero attached hydrogens (tertiary/aromatic N) is 3. The van der Waals surface area contributed by atoms with Crippen molar-refractivity contribution in [3.05, 3.63) is 40.4 Å². The lowest BCUT2D eigenvalue weighted by molar-refractivity contribution is 0.0194. The number of β-amino-alcohol motifs (C(OH)–C–C–N with tert-alkyl or cyclic N) is 1. The van der Waals surface area contributed by atoms with Crippen LogP contribution in [0.15, 0.2) is 32.4 Å². The van der Waals surface area contributed by atoms with Crippen LogP contribution in [-0.4, -0.2) is 51.0 Å². The maximum Gasteiger partial charge on any atom is 0.323 e. The second-order valence-corrected chi connectivity index (χ2v) is 9.08. The lowest BCUT2D eigenvalue weighted by Gasteiger charge is -2.19.